The standard InChI is InChI=1S/C20H18ClNO6/c1-12(20(24)22-14-4-6-15(25-2)7-5-14)28-18(23)8-3-13-9-16(21)19-17(10-13)26-11-27-19/h3-10,12H,11H2,1-2H3,(H,22,24)/b8-3+/t12-/m0/s1. The SMILES string of the molecule is COc1ccc(NC(=O)[C@H](C)OC(=O)/C=C/c2cc(Cl)c3c(c2)OCO3)cc1. The van der Waals surface area contributed by atoms with Crippen LogP contribution in [-0.4, -0.2) is 31.9 Å². The molecule has 0 bridgehead atoms. The van der Waals surface area contributed by atoms with E-state index >= 15 is 0 Å². The minimum absolute atomic E-state index is 0.102. The van der Waals surface area contributed by atoms with Gasteiger partial charge in [0.2, 0.25) is 6.79 Å². The van der Waals surface area contributed by atoms with Crippen molar-refractivity contribution >= 4 is 35.2 Å². The lowest BCUT2D eigenvalue weighted by molar-refractivity contribution is -0.148. The fraction of sp³-hybridized carbons (Fsp3) is 0.200. The molecule has 2 aromatic carbocycles. The molecule has 3 rings (SSSR count). The van der Waals surface area contributed by atoms with Gasteiger partial charge in [-0.2, -0.15) is 0 Å². The summed E-state index contributed by atoms with van der Waals surface area (Å²) in [5, 5.41) is 3.05. The molecule has 0 spiro atoms. The highest BCUT2D eigenvalue weighted by Gasteiger charge is 2.19. The van der Waals surface area contributed by atoms with Gasteiger partial charge in [-0.3, -0.25) is 4.79 Å². The van der Waals surface area contributed by atoms with Crippen molar-refractivity contribution in [3.05, 3.63) is 53.1 Å². The van der Waals surface area contributed by atoms with Crippen molar-refractivity contribution in [2.45, 2.75) is 13.0 Å². The molecule has 1 atom stereocenters. The van der Waals surface area contributed by atoms with E-state index in [4.69, 9.17) is 30.5 Å². The lowest BCUT2D eigenvalue weighted by Crippen LogP contribution is -2.29. The molecule has 0 aliphatic carbocycles. The second-order valence-electron chi connectivity index (χ2n) is 5.87. The molecule has 0 radical (unpaired) electrons. The smallest absolute Gasteiger partial charge is 0.331 e. The number of nitrogens with one attached hydrogen (secondary N) is 1. The molecule has 28 heavy (non-hydrogen) atoms. The molecule has 0 aromatic heterocycles. The third kappa shape index (κ3) is 4.75. The predicted octanol–water partition coefficient (Wildman–Crippen LogP) is 3.66. The summed E-state index contributed by atoms with van der Waals surface area (Å²) >= 11 is 6.10. The van der Waals surface area contributed by atoms with Crippen molar-refractivity contribution in [3.63, 3.8) is 0 Å². The average molecular weight is 404 g/mol. The van der Waals surface area contributed by atoms with Crippen molar-refractivity contribution in [1.29, 1.82) is 0 Å². The molecule has 1 heterocycles. The molecule has 1 amide bonds. The Kier molecular flexibility index (Phi) is 6.06. The number of rotatable bonds is 6. The Morgan fingerprint density at radius 3 is 2.68 bits per heavy atom. The number of halogens is 1. The summed E-state index contributed by atoms with van der Waals surface area (Å²) in [6.07, 6.45) is 1.76. The number of benzene rings is 2. The van der Waals surface area contributed by atoms with E-state index in [1.54, 1.807) is 43.5 Å². The number of hydrogen-bond acceptors (Lipinski definition) is 6. The monoisotopic (exact) mass is 403 g/mol. The number of fused-ring (bicyclic) bond motifs is 1. The molecule has 8 heteroatoms. The number of esters is 1. The molecule has 0 unspecified atom stereocenters. The molecule has 1 aliphatic rings. The Morgan fingerprint density at radius 2 is 1.96 bits per heavy atom. The van der Waals surface area contributed by atoms with E-state index in [1.165, 1.54) is 19.1 Å². The zero-order chi connectivity index (χ0) is 20.1. The predicted molar refractivity (Wildman–Crippen MR) is 104 cm³/mol. The normalized spacial score (nSPS) is 13.2. The summed E-state index contributed by atoms with van der Waals surface area (Å²) in [6.45, 7) is 1.59. The third-order valence-corrected chi connectivity index (χ3v) is 4.16. The van der Waals surface area contributed by atoms with Gasteiger partial charge in [0.1, 0.15) is 5.75 Å². The fourth-order valence-electron chi connectivity index (χ4n) is 2.43. The van der Waals surface area contributed by atoms with E-state index in [1.807, 2.05) is 0 Å². The summed E-state index contributed by atoms with van der Waals surface area (Å²) in [4.78, 5) is 24.1. The number of amides is 1. The highest BCUT2D eigenvalue weighted by atomic mass is 35.5. The van der Waals surface area contributed by atoms with E-state index in [0.29, 0.717) is 33.5 Å². The van der Waals surface area contributed by atoms with Crippen molar-refractivity contribution in [3.8, 4) is 17.2 Å². The Balaban J connectivity index is 1.55. The Morgan fingerprint density at radius 1 is 1.21 bits per heavy atom. The maximum absolute atomic E-state index is 12.2. The van der Waals surface area contributed by atoms with Crippen LogP contribution in [0.25, 0.3) is 6.08 Å². The summed E-state index contributed by atoms with van der Waals surface area (Å²) in [7, 11) is 1.56. The van der Waals surface area contributed by atoms with Crippen LogP contribution < -0.4 is 19.5 Å². The second-order valence-corrected chi connectivity index (χ2v) is 6.27. The quantitative estimate of drug-likeness (QED) is 0.585. The summed E-state index contributed by atoms with van der Waals surface area (Å²) < 4.78 is 20.7. The number of carbonyl (C=O) groups is 2. The van der Waals surface area contributed by atoms with Gasteiger partial charge < -0.3 is 24.3 Å². The van der Waals surface area contributed by atoms with Gasteiger partial charge in [0.15, 0.2) is 17.6 Å². The highest BCUT2D eigenvalue weighted by Crippen LogP contribution is 2.40. The molecule has 1 aliphatic heterocycles. The minimum Gasteiger partial charge on any atom is -0.497 e. The molecule has 0 saturated heterocycles. The summed E-state index contributed by atoms with van der Waals surface area (Å²) in [5.41, 5.74) is 1.21. The Bertz CT molecular complexity index is 910. The Labute approximate surface area is 166 Å². The molecule has 0 saturated carbocycles. The Hall–Kier alpha value is -3.19. The van der Waals surface area contributed by atoms with E-state index in [2.05, 4.69) is 5.32 Å². The highest BCUT2D eigenvalue weighted by molar-refractivity contribution is 6.32. The van der Waals surface area contributed by atoms with Gasteiger partial charge in [0, 0.05) is 11.8 Å². The van der Waals surface area contributed by atoms with Crippen molar-refractivity contribution in [2.75, 3.05) is 19.2 Å². The number of carbonyl (C=O) groups excluding carboxylic acids is 2. The van der Waals surface area contributed by atoms with Gasteiger partial charge in [-0.1, -0.05) is 11.6 Å². The van der Waals surface area contributed by atoms with Crippen LogP contribution in [0.2, 0.25) is 5.02 Å². The molecule has 146 valence electrons. The molecular weight excluding hydrogens is 386 g/mol. The summed E-state index contributed by atoms with van der Waals surface area (Å²) in [5.74, 6) is 0.549. The lowest BCUT2D eigenvalue weighted by atomic mass is 10.2. The second kappa shape index (κ2) is 8.67. The average Bonchev–Trinajstić information content (AvgIpc) is 3.16. The minimum atomic E-state index is -0.973. The van der Waals surface area contributed by atoms with Gasteiger partial charge in [-0.25, -0.2) is 4.79 Å². The van der Waals surface area contributed by atoms with E-state index < -0.39 is 18.0 Å². The van der Waals surface area contributed by atoms with Crippen molar-refractivity contribution < 1.29 is 28.5 Å². The van der Waals surface area contributed by atoms with E-state index in [-0.39, 0.29) is 6.79 Å². The largest absolute Gasteiger partial charge is 0.497 e. The summed E-state index contributed by atoms with van der Waals surface area (Å²) in [6, 6.07) is 10.1. The fourth-order valence-corrected chi connectivity index (χ4v) is 2.71. The van der Waals surface area contributed by atoms with Gasteiger partial charge >= 0.3 is 5.97 Å². The van der Waals surface area contributed by atoms with Gasteiger partial charge in [0.25, 0.3) is 5.91 Å². The molecular formula is C20H18ClNO6. The third-order valence-electron chi connectivity index (χ3n) is 3.88. The van der Waals surface area contributed by atoms with Crippen LogP contribution in [0.4, 0.5) is 5.69 Å². The molecule has 1 N–H and O–H groups in total. The van der Waals surface area contributed by atoms with Crippen LogP contribution in [0.1, 0.15) is 12.5 Å². The van der Waals surface area contributed by atoms with Crippen LogP contribution in [0.3, 0.4) is 0 Å². The van der Waals surface area contributed by atoms with Crippen molar-refractivity contribution in [1.82, 2.24) is 0 Å². The first kappa shape index (κ1) is 19.6. The van der Waals surface area contributed by atoms with Crippen LogP contribution in [-0.2, 0) is 14.3 Å². The number of anilines is 1. The zero-order valence-electron chi connectivity index (χ0n) is 15.2. The van der Waals surface area contributed by atoms with Crippen molar-refractivity contribution in [2.24, 2.45) is 0 Å². The van der Waals surface area contributed by atoms with E-state index in [9.17, 15) is 9.59 Å². The van der Waals surface area contributed by atoms with E-state index in [0.717, 1.165) is 0 Å². The molecule has 0 fully saturated rings. The number of hydrogen-bond donors (Lipinski definition) is 1. The topological polar surface area (TPSA) is 83.1 Å². The maximum Gasteiger partial charge on any atom is 0.331 e. The zero-order valence-corrected chi connectivity index (χ0v) is 16.0. The van der Waals surface area contributed by atoms with Gasteiger partial charge in [0.05, 0.1) is 12.1 Å². The number of ether oxygens (including phenoxy) is 4. The first-order valence-corrected chi connectivity index (χ1v) is 8.77. The lowest BCUT2D eigenvalue weighted by Gasteiger charge is -2.12. The number of methoxy groups -OCH3 is 1. The molecule has 7 nitrogen and oxygen atoms in total. The maximum atomic E-state index is 12.2. The molecule has 2 aromatic rings. The first-order chi connectivity index (χ1) is 13.5. The van der Waals surface area contributed by atoms with Crippen LogP contribution in [0.5, 0.6) is 17.2 Å². The van der Waals surface area contributed by atoms with Gasteiger partial charge in [-0.05, 0) is 55.0 Å². The first-order valence-electron chi connectivity index (χ1n) is 8.39. The van der Waals surface area contributed by atoms with Crippen LogP contribution in [0.15, 0.2) is 42.5 Å². The van der Waals surface area contributed by atoms with Crippen LogP contribution >= 0.6 is 11.6 Å². The van der Waals surface area contributed by atoms with Gasteiger partial charge in [-0.15, -0.1) is 0 Å². The van der Waals surface area contributed by atoms with Crippen LogP contribution in [0, 0.1) is 0 Å².